The zero-order valence-corrected chi connectivity index (χ0v) is 21.8. The molecule has 186 valence electrons. The number of aliphatic imine (C=N–C) groups is 1. The van der Waals surface area contributed by atoms with Crippen molar-refractivity contribution in [2.75, 3.05) is 6.61 Å². The van der Waals surface area contributed by atoms with Crippen molar-refractivity contribution in [2.45, 2.75) is 33.3 Å². The van der Waals surface area contributed by atoms with Crippen LogP contribution in [-0.4, -0.2) is 28.6 Å². The van der Waals surface area contributed by atoms with Crippen molar-refractivity contribution in [3.63, 3.8) is 0 Å². The van der Waals surface area contributed by atoms with Crippen LogP contribution in [0.2, 0.25) is 10.0 Å². The normalized spacial score (nSPS) is 15.3. The van der Waals surface area contributed by atoms with E-state index in [0.717, 1.165) is 11.8 Å². The van der Waals surface area contributed by atoms with Gasteiger partial charge >= 0.3 is 5.97 Å². The molecule has 3 rings (SSSR count). The van der Waals surface area contributed by atoms with Gasteiger partial charge in [-0.1, -0.05) is 60.1 Å². The van der Waals surface area contributed by atoms with Crippen LogP contribution < -0.4 is 4.74 Å². The zero-order valence-electron chi connectivity index (χ0n) is 19.5. The van der Waals surface area contributed by atoms with Gasteiger partial charge in [0.25, 0.3) is 0 Å². The van der Waals surface area contributed by atoms with Crippen molar-refractivity contribution in [3.05, 3.63) is 79.4 Å². The molecule has 1 N–H and O–H groups in total. The lowest BCUT2D eigenvalue weighted by Gasteiger charge is -2.12. The summed E-state index contributed by atoms with van der Waals surface area (Å²) in [5, 5.41) is 20.5. The van der Waals surface area contributed by atoms with E-state index in [1.54, 1.807) is 49.4 Å². The van der Waals surface area contributed by atoms with E-state index in [1.165, 1.54) is 0 Å². The Labute approximate surface area is 223 Å². The van der Waals surface area contributed by atoms with Crippen LogP contribution in [0, 0.1) is 11.3 Å². The van der Waals surface area contributed by atoms with Gasteiger partial charge in [-0.15, -0.1) is 0 Å². The summed E-state index contributed by atoms with van der Waals surface area (Å²) in [5.41, 5.74) is 1.53. The maximum absolute atomic E-state index is 12.4. The van der Waals surface area contributed by atoms with Gasteiger partial charge in [-0.25, -0.2) is 9.79 Å². The SMILES string of the molecule is CCCC(=O)N=C1S/C(=C\c2cc(Cl)c(OCc3ccccc3C#N)c(Cl)c2)C(O)=C1C(=O)OCC. The van der Waals surface area contributed by atoms with Gasteiger partial charge in [0.1, 0.15) is 23.0 Å². The largest absolute Gasteiger partial charge is 0.506 e. The number of nitriles is 1. The third-order valence-corrected chi connectivity index (χ3v) is 6.47. The Morgan fingerprint density at radius 2 is 1.89 bits per heavy atom. The topological polar surface area (TPSA) is 109 Å². The number of carbonyl (C=O) groups is 2. The van der Waals surface area contributed by atoms with E-state index in [2.05, 4.69) is 11.1 Å². The number of carbonyl (C=O) groups excluding carboxylic acids is 2. The second kappa shape index (κ2) is 12.6. The molecule has 0 fully saturated rings. The Morgan fingerprint density at radius 1 is 1.19 bits per heavy atom. The van der Waals surface area contributed by atoms with Gasteiger partial charge in [-0.05, 0) is 43.2 Å². The summed E-state index contributed by atoms with van der Waals surface area (Å²) in [7, 11) is 0. The van der Waals surface area contributed by atoms with Gasteiger partial charge < -0.3 is 14.6 Å². The lowest BCUT2D eigenvalue weighted by Crippen LogP contribution is -2.14. The number of halogens is 2. The summed E-state index contributed by atoms with van der Waals surface area (Å²) < 4.78 is 10.8. The summed E-state index contributed by atoms with van der Waals surface area (Å²) in [5.74, 6) is -1.28. The highest BCUT2D eigenvalue weighted by Crippen LogP contribution is 2.41. The Balaban J connectivity index is 1.91. The predicted molar refractivity (Wildman–Crippen MR) is 141 cm³/mol. The van der Waals surface area contributed by atoms with Gasteiger partial charge in [0.2, 0.25) is 5.91 Å². The fraction of sp³-hybridized carbons (Fsp3) is 0.231. The standard InChI is InChI=1S/C26H22Cl2N2O5S/c1-3-7-21(31)30-25-22(26(33)34-4-2)23(32)20(36-25)12-15-10-18(27)24(19(28)11-15)35-14-17-9-6-5-8-16(17)13-29/h5-6,8-12,32H,3-4,7,14H2,1-2H3/b20-12-,30-25?. The van der Waals surface area contributed by atoms with Crippen molar-refractivity contribution in [2.24, 2.45) is 4.99 Å². The smallest absolute Gasteiger partial charge is 0.344 e. The predicted octanol–water partition coefficient (Wildman–Crippen LogP) is 6.63. The number of thioether (sulfide) groups is 1. The van der Waals surface area contributed by atoms with Gasteiger partial charge in [0.15, 0.2) is 5.75 Å². The van der Waals surface area contributed by atoms with E-state index in [0.29, 0.717) is 23.1 Å². The molecule has 0 saturated heterocycles. The maximum atomic E-state index is 12.4. The summed E-state index contributed by atoms with van der Waals surface area (Å²) in [6.07, 6.45) is 2.38. The Morgan fingerprint density at radius 3 is 2.53 bits per heavy atom. The number of hydrogen-bond donors (Lipinski definition) is 1. The molecule has 0 radical (unpaired) electrons. The zero-order chi connectivity index (χ0) is 26.2. The molecular formula is C26H22Cl2N2O5S. The van der Waals surface area contributed by atoms with Crippen molar-refractivity contribution in [1.29, 1.82) is 5.26 Å². The van der Waals surface area contributed by atoms with Gasteiger partial charge in [0.05, 0.1) is 33.2 Å². The van der Waals surface area contributed by atoms with E-state index >= 15 is 0 Å². The van der Waals surface area contributed by atoms with E-state index in [9.17, 15) is 20.0 Å². The second-order valence-corrected chi connectivity index (χ2v) is 9.33. The molecular weight excluding hydrogens is 523 g/mol. The van der Waals surface area contributed by atoms with E-state index < -0.39 is 11.9 Å². The molecule has 0 aromatic heterocycles. The second-order valence-electron chi connectivity index (χ2n) is 7.49. The molecule has 0 atom stereocenters. The molecule has 1 amide bonds. The number of esters is 1. The number of nitrogens with zero attached hydrogens (tertiary/aromatic N) is 2. The quantitative estimate of drug-likeness (QED) is 0.371. The maximum Gasteiger partial charge on any atom is 0.344 e. The molecule has 2 aromatic rings. The van der Waals surface area contributed by atoms with Gasteiger partial charge in [-0.2, -0.15) is 5.26 Å². The lowest BCUT2D eigenvalue weighted by atomic mass is 10.1. The number of amides is 1. The summed E-state index contributed by atoms with van der Waals surface area (Å²) in [4.78, 5) is 28.8. The third kappa shape index (κ3) is 6.49. The first kappa shape index (κ1) is 27.3. The third-order valence-electron chi connectivity index (χ3n) is 4.89. The van der Waals surface area contributed by atoms with E-state index in [-0.39, 0.29) is 56.7 Å². The molecule has 1 aliphatic heterocycles. The lowest BCUT2D eigenvalue weighted by molar-refractivity contribution is -0.138. The summed E-state index contributed by atoms with van der Waals surface area (Å²) >= 11 is 13.8. The number of aliphatic hydroxyl groups excluding tert-OH is 1. The molecule has 36 heavy (non-hydrogen) atoms. The minimum atomic E-state index is -0.772. The highest BCUT2D eigenvalue weighted by molar-refractivity contribution is 8.18. The molecule has 0 spiro atoms. The molecule has 0 bridgehead atoms. The number of benzene rings is 2. The van der Waals surface area contributed by atoms with Crippen molar-refractivity contribution in [3.8, 4) is 11.8 Å². The van der Waals surface area contributed by atoms with Crippen LogP contribution >= 0.6 is 35.0 Å². The van der Waals surface area contributed by atoms with Crippen LogP contribution in [0.5, 0.6) is 5.75 Å². The molecule has 1 aliphatic rings. The van der Waals surface area contributed by atoms with Crippen LogP contribution in [0.15, 0.2) is 57.6 Å². The Hall–Kier alpha value is -3.25. The molecule has 0 aliphatic carbocycles. The van der Waals surface area contributed by atoms with Crippen molar-refractivity contribution in [1.82, 2.24) is 0 Å². The first-order chi connectivity index (χ1) is 17.3. The van der Waals surface area contributed by atoms with Crippen LogP contribution in [-0.2, 0) is 20.9 Å². The van der Waals surface area contributed by atoms with E-state index in [1.807, 2.05) is 6.92 Å². The molecule has 10 heteroatoms. The molecule has 1 heterocycles. The Kier molecular flexibility index (Phi) is 9.59. The molecule has 0 saturated carbocycles. The van der Waals surface area contributed by atoms with Crippen LogP contribution in [0.25, 0.3) is 6.08 Å². The fourth-order valence-corrected chi connectivity index (χ4v) is 4.88. The molecule has 0 unspecified atom stereocenters. The number of ether oxygens (including phenoxy) is 2. The average molecular weight is 545 g/mol. The van der Waals surface area contributed by atoms with Crippen molar-refractivity contribution >= 4 is 58.0 Å². The molecule has 7 nitrogen and oxygen atoms in total. The highest BCUT2D eigenvalue weighted by Gasteiger charge is 2.33. The summed E-state index contributed by atoms with van der Waals surface area (Å²) in [6.45, 7) is 3.67. The minimum absolute atomic E-state index is 0.0731. The highest BCUT2D eigenvalue weighted by atomic mass is 35.5. The number of rotatable bonds is 8. The van der Waals surface area contributed by atoms with Crippen LogP contribution in [0.4, 0.5) is 0 Å². The molecule has 2 aromatic carbocycles. The number of aliphatic hydroxyl groups is 1. The first-order valence-corrected chi connectivity index (χ1v) is 12.6. The summed E-state index contributed by atoms with van der Waals surface area (Å²) in [6, 6.07) is 12.3. The van der Waals surface area contributed by atoms with Crippen LogP contribution in [0.3, 0.4) is 0 Å². The Bertz CT molecular complexity index is 1300. The fourth-order valence-electron chi connectivity index (χ4n) is 3.23. The van der Waals surface area contributed by atoms with E-state index in [4.69, 9.17) is 32.7 Å². The average Bonchev–Trinajstić information content (AvgIpc) is 3.13. The van der Waals surface area contributed by atoms with Gasteiger partial charge in [-0.3, -0.25) is 4.79 Å². The first-order valence-electron chi connectivity index (χ1n) is 11.0. The van der Waals surface area contributed by atoms with Gasteiger partial charge in [0, 0.05) is 12.0 Å². The van der Waals surface area contributed by atoms with Crippen molar-refractivity contribution < 1.29 is 24.2 Å². The monoisotopic (exact) mass is 544 g/mol. The minimum Gasteiger partial charge on any atom is -0.506 e. The van der Waals surface area contributed by atoms with Crippen LogP contribution in [0.1, 0.15) is 43.4 Å². The number of hydrogen-bond acceptors (Lipinski definition) is 7.